The zero-order valence-electron chi connectivity index (χ0n) is 14.5. The van der Waals surface area contributed by atoms with Crippen LogP contribution in [0, 0.1) is 16.0 Å². The monoisotopic (exact) mass is 365 g/mol. The van der Waals surface area contributed by atoms with Gasteiger partial charge >= 0.3 is 5.69 Å². The highest BCUT2D eigenvalue weighted by atomic mass is 16.6. The van der Waals surface area contributed by atoms with E-state index in [-0.39, 0.29) is 34.9 Å². The van der Waals surface area contributed by atoms with Gasteiger partial charge in [0, 0.05) is 17.7 Å². The molecular weight excluding hydrogens is 348 g/mol. The number of carbonyl (C=O) groups is 1. The highest BCUT2D eigenvalue weighted by molar-refractivity contribution is 5.87. The maximum Gasteiger partial charge on any atom is 0.311 e. The van der Waals surface area contributed by atoms with E-state index >= 15 is 0 Å². The van der Waals surface area contributed by atoms with Crippen molar-refractivity contribution in [2.45, 2.75) is 18.4 Å². The van der Waals surface area contributed by atoms with E-state index in [2.05, 4.69) is 17.5 Å². The standard InChI is InChI=1S/C20H18N2O5/c1-27-18-8-6-11(10-17(18)22(25)26)19-14-4-2-3-13(14)15-9-12(20(23)24)5-7-16(15)21-19/h2-3,5-10,13-14,19,21H,4H2,1H3,(H,23,24)/p-1/t13-,14-,19-/m1/s1. The fourth-order valence-electron chi connectivity index (χ4n) is 4.09. The van der Waals surface area contributed by atoms with Crippen molar-refractivity contribution < 1.29 is 19.6 Å². The topological polar surface area (TPSA) is 105 Å². The number of allylic oxidation sites excluding steroid dienone is 2. The van der Waals surface area contributed by atoms with E-state index in [1.807, 2.05) is 6.07 Å². The first-order valence-electron chi connectivity index (χ1n) is 8.60. The highest BCUT2D eigenvalue weighted by Gasteiger charge is 2.38. The number of nitrogens with zero attached hydrogens (tertiary/aromatic N) is 1. The number of nitro groups is 1. The summed E-state index contributed by atoms with van der Waals surface area (Å²) < 4.78 is 5.09. The molecule has 138 valence electrons. The SMILES string of the molecule is COc1ccc([C@H]2Nc3ccc(C(=O)[O-])cc3[C@@H]3C=CC[C@@H]23)cc1[N+](=O)[O-]. The fourth-order valence-corrected chi connectivity index (χ4v) is 4.09. The second-order valence-electron chi connectivity index (χ2n) is 6.75. The van der Waals surface area contributed by atoms with Crippen LogP contribution in [-0.2, 0) is 0 Å². The van der Waals surface area contributed by atoms with Gasteiger partial charge in [-0.3, -0.25) is 10.1 Å². The van der Waals surface area contributed by atoms with Crippen LogP contribution >= 0.6 is 0 Å². The van der Waals surface area contributed by atoms with Crippen LogP contribution in [0.25, 0.3) is 0 Å². The molecule has 1 aliphatic heterocycles. The van der Waals surface area contributed by atoms with Crippen molar-refractivity contribution in [3.05, 3.63) is 75.4 Å². The first-order chi connectivity index (χ1) is 13.0. The minimum Gasteiger partial charge on any atom is -0.545 e. The lowest BCUT2D eigenvalue weighted by Gasteiger charge is -2.37. The van der Waals surface area contributed by atoms with Crippen LogP contribution in [0.15, 0.2) is 48.6 Å². The summed E-state index contributed by atoms with van der Waals surface area (Å²) in [6.07, 6.45) is 4.95. The van der Waals surface area contributed by atoms with Crippen LogP contribution < -0.4 is 15.2 Å². The second-order valence-corrected chi connectivity index (χ2v) is 6.75. The van der Waals surface area contributed by atoms with E-state index in [1.165, 1.54) is 13.2 Å². The molecule has 3 atom stereocenters. The predicted octanol–water partition coefficient (Wildman–Crippen LogP) is 2.79. The first kappa shape index (κ1) is 17.1. The van der Waals surface area contributed by atoms with Crippen molar-refractivity contribution >= 4 is 17.3 Å². The molecule has 2 aromatic carbocycles. The van der Waals surface area contributed by atoms with Gasteiger partial charge < -0.3 is 20.0 Å². The lowest BCUT2D eigenvalue weighted by atomic mass is 9.76. The number of rotatable bonds is 4. The third-order valence-electron chi connectivity index (χ3n) is 5.36. The second kappa shape index (κ2) is 6.42. The number of hydrogen-bond donors (Lipinski definition) is 1. The molecule has 7 heteroatoms. The molecular formula is C20H17N2O5-. The van der Waals surface area contributed by atoms with Gasteiger partial charge in [-0.2, -0.15) is 0 Å². The number of benzene rings is 2. The molecule has 4 rings (SSSR count). The van der Waals surface area contributed by atoms with Gasteiger partial charge in [0.1, 0.15) is 0 Å². The van der Waals surface area contributed by atoms with Gasteiger partial charge in [0.2, 0.25) is 0 Å². The summed E-state index contributed by atoms with van der Waals surface area (Å²) in [4.78, 5) is 22.1. The molecule has 0 saturated carbocycles. The minimum absolute atomic E-state index is 0.0479. The van der Waals surface area contributed by atoms with Gasteiger partial charge in [0.25, 0.3) is 0 Å². The average molecular weight is 365 g/mol. The van der Waals surface area contributed by atoms with Gasteiger partial charge in [0.15, 0.2) is 5.75 Å². The number of methoxy groups -OCH3 is 1. The number of carbonyl (C=O) groups excluding carboxylic acids is 1. The average Bonchev–Trinajstić information content (AvgIpc) is 3.16. The maximum atomic E-state index is 11.4. The predicted molar refractivity (Wildman–Crippen MR) is 96.8 cm³/mol. The van der Waals surface area contributed by atoms with Gasteiger partial charge in [-0.15, -0.1) is 0 Å². The Morgan fingerprint density at radius 2 is 2.07 bits per heavy atom. The number of nitro benzene ring substituents is 1. The molecule has 1 aliphatic carbocycles. The Labute approximate surface area is 155 Å². The van der Waals surface area contributed by atoms with Crippen molar-refractivity contribution in [2.24, 2.45) is 5.92 Å². The van der Waals surface area contributed by atoms with Gasteiger partial charge in [-0.05, 0) is 47.2 Å². The smallest absolute Gasteiger partial charge is 0.311 e. The van der Waals surface area contributed by atoms with Gasteiger partial charge in [0.05, 0.1) is 24.0 Å². The molecule has 0 saturated heterocycles. The zero-order valence-corrected chi connectivity index (χ0v) is 14.5. The molecule has 0 bridgehead atoms. The molecule has 0 unspecified atom stereocenters. The third-order valence-corrected chi connectivity index (χ3v) is 5.36. The van der Waals surface area contributed by atoms with E-state index in [4.69, 9.17) is 4.74 Å². The van der Waals surface area contributed by atoms with Crippen LogP contribution in [0.2, 0.25) is 0 Å². The summed E-state index contributed by atoms with van der Waals surface area (Å²) in [6.45, 7) is 0. The summed E-state index contributed by atoms with van der Waals surface area (Å²) in [5.41, 5.74) is 2.62. The van der Waals surface area contributed by atoms with E-state index in [1.54, 1.807) is 24.3 Å². The fraction of sp³-hybridized carbons (Fsp3) is 0.250. The van der Waals surface area contributed by atoms with Crippen molar-refractivity contribution in [1.82, 2.24) is 0 Å². The number of carboxylic acids is 1. The number of fused-ring (bicyclic) bond motifs is 3. The molecule has 27 heavy (non-hydrogen) atoms. The highest BCUT2D eigenvalue weighted by Crippen LogP contribution is 2.50. The molecule has 1 heterocycles. The van der Waals surface area contributed by atoms with Crippen molar-refractivity contribution in [3.8, 4) is 5.75 Å². The van der Waals surface area contributed by atoms with Crippen molar-refractivity contribution in [2.75, 3.05) is 12.4 Å². The van der Waals surface area contributed by atoms with Crippen LogP contribution in [0.1, 0.15) is 39.9 Å². The first-order valence-corrected chi connectivity index (χ1v) is 8.60. The molecule has 0 aromatic heterocycles. The Morgan fingerprint density at radius 1 is 1.26 bits per heavy atom. The van der Waals surface area contributed by atoms with Gasteiger partial charge in [-0.25, -0.2) is 0 Å². The Bertz CT molecular complexity index is 969. The summed E-state index contributed by atoms with van der Waals surface area (Å²) in [7, 11) is 1.41. The number of nitrogens with one attached hydrogen (secondary N) is 1. The number of anilines is 1. The third kappa shape index (κ3) is 2.81. The normalized spacial score (nSPS) is 22.5. The molecule has 1 N–H and O–H groups in total. The zero-order chi connectivity index (χ0) is 19.1. The summed E-state index contributed by atoms with van der Waals surface area (Å²) >= 11 is 0. The summed E-state index contributed by atoms with van der Waals surface area (Å²) in [6, 6.07) is 9.75. The van der Waals surface area contributed by atoms with E-state index in [0.29, 0.717) is 0 Å². The molecule has 7 nitrogen and oxygen atoms in total. The van der Waals surface area contributed by atoms with E-state index in [9.17, 15) is 20.0 Å². The van der Waals surface area contributed by atoms with Crippen LogP contribution in [0.3, 0.4) is 0 Å². The Kier molecular flexibility index (Phi) is 4.07. The van der Waals surface area contributed by atoms with Crippen molar-refractivity contribution in [3.63, 3.8) is 0 Å². The van der Waals surface area contributed by atoms with Crippen LogP contribution in [0.5, 0.6) is 5.75 Å². The van der Waals surface area contributed by atoms with E-state index in [0.717, 1.165) is 23.2 Å². The molecule has 0 fully saturated rings. The number of ether oxygens (including phenoxy) is 1. The number of aromatic carboxylic acids is 1. The largest absolute Gasteiger partial charge is 0.545 e. The molecule has 0 spiro atoms. The minimum atomic E-state index is -1.20. The van der Waals surface area contributed by atoms with E-state index < -0.39 is 10.9 Å². The quantitative estimate of drug-likeness (QED) is 0.507. The summed E-state index contributed by atoms with van der Waals surface area (Å²) in [5.74, 6) is -0.793. The van der Waals surface area contributed by atoms with Crippen LogP contribution in [-0.4, -0.2) is 18.0 Å². The van der Waals surface area contributed by atoms with Crippen LogP contribution in [0.4, 0.5) is 11.4 Å². The lowest BCUT2D eigenvalue weighted by molar-refractivity contribution is -0.385. The molecule has 2 aromatic rings. The molecule has 2 aliphatic rings. The number of hydrogen-bond acceptors (Lipinski definition) is 6. The lowest BCUT2D eigenvalue weighted by Crippen LogP contribution is -2.30. The molecule has 0 radical (unpaired) electrons. The Hall–Kier alpha value is -3.35. The summed E-state index contributed by atoms with van der Waals surface area (Å²) in [5, 5.41) is 26.0. The Balaban J connectivity index is 1.77. The Morgan fingerprint density at radius 3 is 2.78 bits per heavy atom. The number of carboxylic acid groups (broad SMARTS) is 1. The molecule has 0 amide bonds. The van der Waals surface area contributed by atoms with Crippen molar-refractivity contribution in [1.29, 1.82) is 0 Å². The maximum absolute atomic E-state index is 11.4. The van der Waals surface area contributed by atoms with Gasteiger partial charge in [-0.1, -0.05) is 24.3 Å².